The number of β-amino-alcohol motifs (C(OH)–C–C–N with tert-alkyl or cyclic N) is 1. The van der Waals surface area contributed by atoms with Crippen molar-refractivity contribution >= 4 is 12.2 Å². The van der Waals surface area contributed by atoms with Crippen LogP contribution in [0.3, 0.4) is 0 Å². The highest BCUT2D eigenvalue weighted by molar-refractivity contribution is 5.68. The molecule has 2 fully saturated rings. The molecule has 10 N–H and O–H groups in total. The largest absolute Gasteiger partial charge is 0.481 e. The molecule has 11 nitrogen and oxygen atoms in total. The lowest BCUT2D eigenvalue weighted by atomic mass is 9.85. The first-order chi connectivity index (χ1) is 19.5. The third-order valence-corrected chi connectivity index (χ3v) is 9.80. The SMILES string of the molecule is CNC[C@H](CCCCCC[C@](O)(CN[C@]1(C)CCN[C@@H](N)C1)CC(=O)O)CC[C@H]1N[C@@H](C)[C@H](O)C[C@H]1[NH+]1CC=NC1. The molecule has 0 saturated carbocycles. The van der Waals surface area contributed by atoms with Gasteiger partial charge in [-0.05, 0) is 78.4 Å². The van der Waals surface area contributed by atoms with Gasteiger partial charge in [0, 0.05) is 24.5 Å². The normalized spacial score (nSPS) is 34.4. The molecule has 0 aromatic rings. The molecule has 3 aliphatic heterocycles. The van der Waals surface area contributed by atoms with Crippen LogP contribution < -0.4 is 31.9 Å². The number of carboxylic acids is 1. The Morgan fingerprint density at radius 1 is 1.29 bits per heavy atom. The standard InChI is InChI=1S/C30H59N7O4/c1-22-26(38)16-25(37-15-14-33-21-37)24(36-22)10-9-23(19-32-3)8-6-4-5-7-11-30(41,18-28(39)40)20-35-29(2)12-13-34-27(31)17-29/h14,22-27,32,34-36,38,41H,4-13,15-21,31H2,1-3H3,(H,39,40)/p+1/t22-,23+,24+,25+,26+,27+,29+,30+/m0/s1. The predicted octanol–water partition coefficient (Wildman–Crippen LogP) is -0.428. The Morgan fingerprint density at radius 2 is 2.07 bits per heavy atom. The quantitative estimate of drug-likeness (QED) is 0.0974. The maximum atomic E-state index is 11.5. The third kappa shape index (κ3) is 11.4. The van der Waals surface area contributed by atoms with E-state index in [-0.39, 0.29) is 36.8 Å². The second-order valence-electron chi connectivity index (χ2n) is 13.5. The summed E-state index contributed by atoms with van der Waals surface area (Å²) in [6.07, 6.45) is 11.8. The number of carboxylic acid groups (broad SMARTS) is 1. The van der Waals surface area contributed by atoms with Gasteiger partial charge in [0.05, 0.1) is 36.5 Å². The van der Waals surface area contributed by atoms with Crippen LogP contribution in [0, 0.1) is 5.92 Å². The maximum Gasteiger partial charge on any atom is 0.306 e. The zero-order valence-electron chi connectivity index (χ0n) is 25.8. The van der Waals surface area contributed by atoms with Crippen LogP contribution in [0.15, 0.2) is 4.99 Å². The van der Waals surface area contributed by atoms with Crippen molar-refractivity contribution in [2.75, 3.05) is 39.9 Å². The zero-order chi connectivity index (χ0) is 29.9. The topological polar surface area (TPSA) is 169 Å². The summed E-state index contributed by atoms with van der Waals surface area (Å²) in [4.78, 5) is 17.4. The number of aliphatic hydroxyl groups excluding tert-OH is 1. The van der Waals surface area contributed by atoms with E-state index in [4.69, 9.17) is 5.73 Å². The molecule has 0 spiro atoms. The predicted molar refractivity (Wildman–Crippen MR) is 163 cm³/mol. The molecule has 0 aliphatic carbocycles. The van der Waals surface area contributed by atoms with E-state index < -0.39 is 11.6 Å². The first-order valence-corrected chi connectivity index (χ1v) is 16.1. The fourth-order valence-corrected chi connectivity index (χ4v) is 7.17. The number of rotatable bonds is 18. The van der Waals surface area contributed by atoms with Crippen LogP contribution in [0.5, 0.6) is 0 Å². The van der Waals surface area contributed by atoms with E-state index in [0.29, 0.717) is 24.4 Å². The van der Waals surface area contributed by atoms with Crippen LogP contribution in [-0.2, 0) is 4.79 Å². The molecule has 3 heterocycles. The van der Waals surface area contributed by atoms with Crippen LogP contribution >= 0.6 is 0 Å². The van der Waals surface area contributed by atoms with Gasteiger partial charge >= 0.3 is 5.97 Å². The summed E-state index contributed by atoms with van der Waals surface area (Å²) >= 11 is 0. The van der Waals surface area contributed by atoms with Crippen molar-refractivity contribution in [1.82, 2.24) is 21.3 Å². The number of hydrogen-bond acceptors (Lipinski definition) is 9. The lowest BCUT2D eigenvalue weighted by Gasteiger charge is -2.41. The van der Waals surface area contributed by atoms with Crippen molar-refractivity contribution in [3.63, 3.8) is 0 Å². The lowest BCUT2D eigenvalue weighted by Crippen LogP contribution is -3.16. The molecule has 11 heteroatoms. The number of piperidine rings is 2. The molecule has 9 atom stereocenters. The van der Waals surface area contributed by atoms with Gasteiger partial charge in [0.1, 0.15) is 12.6 Å². The smallest absolute Gasteiger partial charge is 0.306 e. The Balaban J connectivity index is 1.39. The van der Waals surface area contributed by atoms with Crippen molar-refractivity contribution in [2.45, 2.75) is 132 Å². The van der Waals surface area contributed by atoms with Gasteiger partial charge in [-0.1, -0.05) is 25.7 Å². The minimum atomic E-state index is -1.25. The highest BCUT2D eigenvalue weighted by Gasteiger charge is 2.40. The van der Waals surface area contributed by atoms with Gasteiger partial charge in [-0.3, -0.25) is 4.79 Å². The molecule has 3 rings (SSSR count). The fourth-order valence-electron chi connectivity index (χ4n) is 7.17. The van der Waals surface area contributed by atoms with Crippen molar-refractivity contribution in [3.05, 3.63) is 0 Å². The summed E-state index contributed by atoms with van der Waals surface area (Å²) in [5, 5.41) is 44.9. The molecular weight excluding hydrogens is 522 g/mol. The number of nitrogens with two attached hydrogens (primary N) is 1. The van der Waals surface area contributed by atoms with Crippen LogP contribution in [0.2, 0.25) is 0 Å². The second-order valence-corrected chi connectivity index (χ2v) is 13.5. The van der Waals surface area contributed by atoms with Gasteiger partial charge in [-0.2, -0.15) is 0 Å². The van der Waals surface area contributed by atoms with Gasteiger partial charge in [0.15, 0.2) is 6.67 Å². The highest BCUT2D eigenvalue weighted by atomic mass is 16.4. The number of unbranched alkanes of at least 4 members (excludes halogenated alkanes) is 3. The molecule has 0 aromatic heterocycles. The average Bonchev–Trinajstić information content (AvgIpc) is 3.44. The summed E-state index contributed by atoms with van der Waals surface area (Å²) in [5.41, 5.74) is 4.61. The van der Waals surface area contributed by atoms with Crippen LogP contribution in [0.4, 0.5) is 0 Å². The summed E-state index contributed by atoms with van der Waals surface area (Å²) in [6.45, 7) is 8.03. The average molecular weight is 583 g/mol. The molecule has 238 valence electrons. The van der Waals surface area contributed by atoms with Crippen molar-refractivity contribution in [3.8, 4) is 0 Å². The summed E-state index contributed by atoms with van der Waals surface area (Å²) in [5.74, 6) is -0.367. The molecule has 3 aliphatic rings. The number of aliphatic carboxylic acids is 1. The number of nitrogens with zero attached hydrogens (tertiary/aromatic N) is 1. The Morgan fingerprint density at radius 3 is 2.76 bits per heavy atom. The van der Waals surface area contributed by atoms with Crippen LogP contribution in [-0.4, -0.2) is 109 Å². The van der Waals surface area contributed by atoms with E-state index in [2.05, 4.69) is 40.1 Å². The second kappa shape index (κ2) is 16.6. The Kier molecular flexibility index (Phi) is 13.9. The van der Waals surface area contributed by atoms with E-state index in [1.54, 1.807) is 0 Å². The molecule has 41 heavy (non-hydrogen) atoms. The van der Waals surface area contributed by atoms with Gasteiger partial charge in [0.2, 0.25) is 0 Å². The number of aliphatic imine (C=N–C) groups is 1. The van der Waals surface area contributed by atoms with E-state index in [1.165, 1.54) is 4.90 Å². The monoisotopic (exact) mass is 582 g/mol. The van der Waals surface area contributed by atoms with E-state index in [1.807, 2.05) is 13.3 Å². The van der Waals surface area contributed by atoms with Crippen molar-refractivity contribution < 1.29 is 25.0 Å². The molecule has 0 aromatic carbocycles. The molecular formula is C30H60N7O4+. The Labute approximate surface area is 247 Å². The lowest BCUT2D eigenvalue weighted by molar-refractivity contribution is -0.914. The van der Waals surface area contributed by atoms with Gasteiger partial charge in [-0.25, -0.2) is 4.99 Å². The highest BCUT2D eigenvalue weighted by Crippen LogP contribution is 2.25. The summed E-state index contributed by atoms with van der Waals surface area (Å²) < 4.78 is 0. The molecule has 0 bridgehead atoms. The van der Waals surface area contributed by atoms with Crippen molar-refractivity contribution in [2.24, 2.45) is 16.6 Å². The number of carbonyl (C=O) groups is 1. The van der Waals surface area contributed by atoms with Gasteiger partial charge in [0.25, 0.3) is 0 Å². The fraction of sp³-hybridized carbons (Fsp3) is 0.933. The van der Waals surface area contributed by atoms with Gasteiger partial charge < -0.3 is 47.2 Å². The number of aliphatic hydroxyl groups is 2. The number of quaternary nitrogens is 1. The summed E-state index contributed by atoms with van der Waals surface area (Å²) in [6, 6.07) is 0.914. The first-order valence-electron chi connectivity index (χ1n) is 16.1. The van der Waals surface area contributed by atoms with Crippen LogP contribution in [0.25, 0.3) is 0 Å². The zero-order valence-corrected chi connectivity index (χ0v) is 25.8. The number of nitrogens with one attached hydrogen (secondary N) is 5. The van der Waals surface area contributed by atoms with Gasteiger partial charge in [-0.15, -0.1) is 0 Å². The maximum absolute atomic E-state index is 11.5. The Bertz CT molecular complexity index is 812. The summed E-state index contributed by atoms with van der Waals surface area (Å²) in [7, 11) is 2.02. The molecule has 0 radical (unpaired) electrons. The minimum Gasteiger partial charge on any atom is -0.481 e. The van der Waals surface area contributed by atoms with Crippen molar-refractivity contribution in [1.29, 1.82) is 0 Å². The van der Waals surface area contributed by atoms with E-state index in [9.17, 15) is 20.1 Å². The molecule has 1 unspecified atom stereocenters. The molecule has 2 saturated heterocycles. The number of hydrogen-bond donors (Lipinski definition) is 9. The molecule has 0 amide bonds. The third-order valence-electron chi connectivity index (χ3n) is 9.80. The minimum absolute atomic E-state index is 0.0850. The van der Waals surface area contributed by atoms with Crippen LogP contribution in [0.1, 0.15) is 90.9 Å². The van der Waals surface area contributed by atoms with E-state index in [0.717, 1.165) is 90.5 Å². The van der Waals surface area contributed by atoms with E-state index >= 15 is 0 Å². The Hall–Kier alpha value is -1.18. The first kappa shape index (κ1) is 34.3.